The molecule has 1 amide bonds. The number of nitrogens with one attached hydrogen (secondary N) is 1. The third-order valence-electron chi connectivity index (χ3n) is 4.62. The Labute approximate surface area is 156 Å². The van der Waals surface area contributed by atoms with Gasteiger partial charge in [-0.25, -0.2) is 0 Å². The van der Waals surface area contributed by atoms with Crippen LogP contribution in [0.25, 0.3) is 11.3 Å². The van der Waals surface area contributed by atoms with Crippen LogP contribution in [-0.4, -0.2) is 48.8 Å². The summed E-state index contributed by atoms with van der Waals surface area (Å²) in [5.41, 5.74) is 1.14. The Kier molecular flexibility index (Phi) is 5.32. The number of morpholine rings is 1. The second kappa shape index (κ2) is 8.20. The first-order valence-electron chi connectivity index (χ1n) is 8.97. The predicted molar refractivity (Wildman–Crippen MR) is 98.1 cm³/mol. The molecule has 1 unspecified atom stereocenters. The molecule has 1 fully saturated rings. The molecule has 7 heteroatoms. The fourth-order valence-corrected chi connectivity index (χ4v) is 3.18. The zero-order valence-corrected chi connectivity index (χ0v) is 14.8. The van der Waals surface area contributed by atoms with Crippen molar-refractivity contribution >= 4 is 5.91 Å². The van der Waals surface area contributed by atoms with Crippen molar-refractivity contribution in [1.82, 2.24) is 15.4 Å². The molecule has 1 aromatic carbocycles. The Bertz CT molecular complexity index is 855. The minimum atomic E-state index is -0.272. The molecule has 1 saturated heterocycles. The van der Waals surface area contributed by atoms with Crippen molar-refractivity contribution in [3.05, 3.63) is 66.2 Å². The van der Waals surface area contributed by atoms with E-state index in [4.69, 9.17) is 13.7 Å². The van der Waals surface area contributed by atoms with Crippen molar-refractivity contribution < 1.29 is 18.5 Å². The Morgan fingerprint density at radius 3 is 2.70 bits per heavy atom. The monoisotopic (exact) mass is 367 g/mol. The number of hydrogen-bond acceptors (Lipinski definition) is 6. The van der Waals surface area contributed by atoms with Crippen molar-refractivity contribution in [2.24, 2.45) is 0 Å². The number of aromatic nitrogens is 1. The molecule has 1 atom stereocenters. The second-order valence-electron chi connectivity index (χ2n) is 6.33. The van der Waals surface area contributed by atoms with Crippen LogP contribution < -0.4 is 5.32 Å². The van der Waals surface area contributed by atoms with Gasteiger partial charge in [-0.1, -0.05) is 35.5 Å². The molecule has 0 saturated carbocycles. The minimum absolute atomic E-state index is 0.0478. The summed E-state index contributed by atoms with van der Waals surface area (Å²) in [5, 5.41) is 6.85. The lowest BCUT2D eigenvalue weighted by molar-refractivity contribution is 0.0118. The summed E-state index contributed by atoms with van der Waals surface area (Å²) >= 11 is 0. The van der Waals surface area contributed by atoms with Gasteiger partial charge in [0.15, 0.2) is 11.5 Å². The smallest absolute Gasteiger partial charge is 0.273 e. The zero-order valence-electron chi connectivity index (χ0n) is 14.8. The lowest BCUT2D eigenvalue weighted by Gasteiger charge is -2.33. The molecular weight excluding hydrogens is 346 g/mol. The van der Waals surface area contributed by atoms with Crippen molar-refractivity contribution in [2.45, 2.75) is 6.04 Å². The van der Waals surface area contributed by atoms with Crippen molar-refractivity contribution in [1.29, 1.82) is 0 Å². The molecule has 2 aromatic heterocycles. The van der Waals surface area contributed by atoms with Crippen LogP contribution in [0.3, 0.4) is 0 Å². The Hall–Kier alpha value is -2.90. The number of amides is 1. The fourth-order valence-electron chi connectivity index (χ4n) is 3.18. The molecule has 0 aliphatic carbocycles. The summed E-state index contributed by atoms with van der Waals surface area (Å²) in [4.78, 5) is 14.8. The molecule has 4 rings (SSSR count). The van der Waals surface area contributed by atoms with E-state index in [1.165, 1.54) is 0 Å². The molecule has 0 bridgehead atoms. The van der Waals surface area contributed by atoms with Gasteiger partial charge >= 0.3 is 0 Å². The summed E-state index contributed by atoms with van der Waals surface area (Å²) in [6.45, 7) is 3.36. The maximum atomic E-state index is 12.5. The molecule has 1 aliphatic heterocycles. The van der Waals surface area contributed by atoms with E-state index in [1.54, 1.807) is 12.3 Å². The fraction of sp³-hybridized carbons (Fsp3) is 0.300. The largest absolute Gasteiger partial charge is 0.468 e. The normalized spacial score (nSPS) is 16.1. The van der Waals surface area contributed by atoms with E-state index in [0.717, 1.165) is 24.4 Å². The standard InChI is InChI=1S/C20H21N3O4/c24-20(16-13-19(27-22-16)15-5-2-1-3-6-15)21-14-17(18-7-4-10-26-18)23-8-11-25-12-9-23/h1-7,10,13,17H,8-9,11-12,14H2,(H,21,24). The lowest BCUT2D eigenvalue weighted by Crippen LogP contribution is -2.43. The number of nitrogens with zero attached hydrogens (tertiary/aromatic N) is 2. The van der Waals surface area contributed by atoms with E-state index in [-0.39, 0.29) is 17.6 Å². The van der Waals surface area contributed by atoms with Gasteiger partial charge in [0, 0.05) is 31.3 Å². The van der Waals surface area contributed by atoms with Gasteiger partial charge in [-0.3, -0.25) is 9.69 Å². The third kappa shape index (κ3) is 4.10. The third-order valence-corrected chi connectivity index (χ3v) is 4.62. The van der Waals surface area contributed by atoms with E-state index < -0.39 is 0 Å². The maximum Gasteiger partial charge on any atom is 0.273 e. The number of benzene rings is 1. The highest BCUT2D eigenvalue weighted by Crippen LogP contribution is 2.22. The Balaban J connectivity index is 1.43. The van der Waals surface area contributed by atoms with Crippen LogP contribution in [0.5, 0.6) is 0 Å². The highest BCUT2D eigenvalue weighted by atomic mass is 16.5. The van der Waals surface area contributed by atoms with E-state index in [0.29, 0.717) is 25.5 Å². The van der Waals surface area contributed by atoms with Crippen molar-refractivity contribution in [2.75, 3.05) is 32.8 Å². The number of hydrogen-bond donors (Lipinski definition) is 1. The van der Waals surface area contributed by atoms with Crippen LogP contribution in [0.1, 0.15) is 22.3 Å². The predicted octanol–water partition coefficient (Wildman–Crippen LogP) is 2.74. The average Bonchev–Trinajstić information content (AvgIpc) is 3.42. The number of ether oxygens (including phenoxy) is 1. The maximum absolute atomic E-state index is 12.5. The van der Waals surface area contributed by atoms with Gasteiger partial charge in [0.1, 0.15) is 5.76 Å². The summed E-state index contributed by atoms with van der Waals surface area (Å²) < 4.78 is 16.3. The minimum Gasteiger partial charge on any atom is -0.468 e. The molecule has 140 valence electrons. The Morgan fingerprint density at radius 1 is 1.15 bits per heavy atom. The Morgan fingerprint density at radius 2 is 1.96 bits per heavy atom. The van der Waals surface area contributed by atoms with Gasteiger partial charge in [0.05, 0.1) is 25.5 Å². The molecule has 7 nitrogen and oxygen atoms in total. The summed E-state index contributed by atoms with van der Waals surface area (Å²) in [7, 11) is 0. The SMILES string of the molecule is O=C(NCC(c1ccco1)N1CCOCC1)c1cc(-c2ccccc2)on1. The van der Waals surface area contributed by atoms with Crippen LogP contribution in [0.4, 0.5) is 0 Å². The summed E-state index contributed by atoms with van der Waals surface area (Å²) in [6, 6.07) is 15.0. The van der Waals surface area contributed by atoms with Crippen LogP contribution in [-0.2, 0) is 4.74 Å². The molecule has 0 spiro atoms. The molecule has 3 aromatic rings. The van der Waals surface area contributed by atoms with Crippen LogP contribution in [0.15, 0.2) is 63.7 Å². The van der Waals surface area contributed by atoms with E-state index >= 15 is 0 Å². The van der Waals surface area contributed by atoms with Crippen molar-refractivity contribution in [3.63, 3.8) is 0 Å². The highest BCUT2D eigenvalue weighted by molar-refractivity contribution is 5.93. The number of furan rings is 1. The van der Waals surface area contributed by atoms with Gasteiger partial charge in [-0.15, -0.1) is 0 Å². The van der Waals surface area contributed by atoms with Gasteiger partial charge in [-0.05, 0) is 12.1 Å². The molecule has 0 radical (unpaired) electrons. The quantitative estimate of drug-likeness (QED) is 0.722. The second-order valence-corrected chi connectivity index (χ2v) is 6.33. The molecule has 3 heterocycles. The van der Waals surface area contributed by atoms with Crippen molar-refractivity contribution in [3.8, 4) is 11.3 Å². The average molecular weight is 367 g/mol. The first-order valence-corrected chi connectivity index (χ1v) is 8.97. The zero-order chi connectivity index (χ0) is 18.5. The van der Waals surface area contributed by atoms with E-state index in [1.807, 2.05) is 42.5 Å². The highest BCUT2D eigenvalue weighted by Gasteiger charge is 2.26. The summed E-state index contributed by atoms with van der Waals surface area (Å²) in [6.07, 6.45) is 1.65. The molecule has 27 heavy (non-hydrogen) atoms. The van der Waals surface area contributed by atoms with Crippen LogP contribution in [0.2, 0.25) is 0 Å². The van der Waals surface area contributed by atoms with Gasteiger partial charge in [-0.2, -0.15) is 0 Å². The molecular formula is C20H21N3O4. The summed E-state index contributed by atoms with van der Waals surface area (Å²) in [5.74, 6) is 1.12. The number of carbonyl (C=O) groups excluding carboxylic acids is 1. The van der Waals surface area contributed by atoms with E-state index in [2.05, 4.69) is 15.4 Å². The van der Waals surface area contributed by atoms with Crippen LogP contribution >= 0.6 is 0 Å². The molecule has 1 aliphatic rings. The first-order chi connectivity index (χ1) is 13.3. The number of rotatable bonds is 6. The number of carbonyl (C=O) groups is 1. The van der Waals surface area contributed by atoms with Gasteiger partial charge < -0.3 is 19.0 Å². The van der Waals surface area contributed by atoms with Gasteiger partial charge in [0.25, 0.3) is 5.91 Å². The van der Waals surface area contributed by atoms with Gasteiger partial charge in [0.2, 0.25) is 0 Å². The topological polar surface area (TPSA) is 80.7 Å². The lowest BCUT2D eigenvalue weighted by atomic mass is 10.1. The molecule has 1 N–H and O–H groups in total. The van der Waals surface area contributed by atoms with E-state index in [9.17, 15) is 4.79 Å². The van der Waals surface area contributed by atoms with Crippen LogP contribution in [0, 0.1) is 0 Å². The first kappa shape index (κ1) is 17.5.